The Balaban J connectivity index is 0.00000364. The lowest BCUT2D eigenvalue weighted by Crippen LogP contribution is -2.44. The highest BCUT2D eigenvalue weighted by molar-refractivity contribution is 14.0. The molecule has 0 bridgehead atoms. The van der Waals surface area contributed by atoms with Crippen LogP contribution in [0.1, 0.15) is 25.3 Å². The first-order valence-corrected chi connectivity index (χ1v) is 9.73. The molecule has 1 heterocycles. The maximum atomic E-state index is 13.0. The average molecular weight is 491 g/mol. The van der Waals surface area contributed by atoms with Gasteiger partial charge >= 0.3 is 0 Å². The molecule has 1 fully saturated rings. The standard InChI is InChI=1S/C20H34FN5.HI/c1-4-22-20(25(3)17-18-7-9-19(21)10-8-18)23-11-5-6-12-26-15-13-24(2)14-16-26;/h7-10H,4-6,11-17H2,1-3H3,(H,22,23);1H. The second kappa shape index (κ2) is 13.3. The first-order valence-electron chi connectivity index (χ1n) is 9.73. The third-order valence-electron chi connectivity index (χ3n) is 4.77. The van der Waals surface area contributed by atoms with Crippen molar-refractivity contribution in [3.8, 4) is 0 Å². The molecule has 7 heteroatoms. The molecule has 5 nitrogen and oxygen atoms in total. The number of hydrogen-bond acceptors (Lipinski definition) is 3. The summed E-state index contributed by atoms with van der Waals surface area (Å²) >= 11 is 0. The molecule has 2 rings (SSSR count). The molecule has 1 N–H and O–H groups in total. The predicted molar refractivity (Wildman–Crippen MR) is 122 cm³/mol. The summed E-state index contributed by atoms with van der Waals surface area (Å²) in [5, 5.41) is 3.35. The highest BCUT2D eigenvalue weighted by Crippen LogP contribution is 2.06. The van der Waals surface area contributed by atoms with Gasteiger partial charge in [0.1, 0.15) is 5.82 Å². The summed E-state index contributed by atoms with van der Waals surface area (Å²) in [4.78, 5) is 11.8. The Kier molecular flexibility index (Phi) is 11.9. The molecule has 0 aliphatic carbocycles. The lowest BCUT2D eigenvalue weighted by Gasteiger charge is -2.32. The van der Waals surface area contributed by atoms with Gasteiger partial charge in [0, 0.05) is 52.9 Å². The number of unbranched alkanes of at least 4 members (excludes halogenated alkanes) is 1. The Labute approximate surface area is 181 Å². The predicted octanol–water partition coefficient (Wildman–Crippen LogP) is 2.87. The fourth-order valence-corrected chi connectivity index (χ4v) is 3.11. The van der Waals surface area contributed by atoms with Gasteiger partial charge in [0.05, 0.1) is 0 Å². The molecule has 1 aromatic rings. The molecule has 0 atom stereocenters. The van der Waals surface area contributed by atoms with Gasteiger partial charge in [0.2, 0.25) is 0 Å². The highest BCUT2D eigenvalue weighted by atomic mass is 127. The van der Waals surface area contributed by atoms with E-state index < -0.39 is 0 Å². The van der Waals surface area contributed by atoms with E-state index in [1.54, 1.807) is 0 Å². The molecule has 0 amide bonds. The van der Waals surface area contributed by atoms with Crippen LogP contribution < -0.4 is 5.32 Å². The van der Waals surface area contributed by atoms with Gasteiger partial charge in [-0.05, 0) is 51.1 Å². The SMILES string of the molecule is CCNC(=NCCCCN1CCN(C)CC1)N(C)Cc1ccc(F)cc1.I. The van der Waals surface area contributed by atoms with E-state index in [2.05, 4.69) is 34.0 Å². The van der Waals surface area contributed by atoms with Crippen LogP contribution >= 0.6 is 24.0 Å². The summed E-state index contributed by atoms with van der Waals surface area (Å²) in [7, 11) is 4.21. The molecular weight excluding hydrogens is 456 g/mol. The largest absolute Gasteiger partial charge is 0.357 e. The third kappa shape index (κ3) is 9.21. The molecule has 1 saturated heterocycles. The van der Waals surface area contributed by atoms with Gasteiger partial charge in [-0.15, -0.1) is 24.0 Å². The molecule has 1 aliphatic rings. The second-order valence-corrected chi connectivity index (χ2v) is 7.07. The van der Waals surface area contributed by atoms with Crippen molar-refractivity contribution in [2.75, 3.05) is 59.9 Å². The van der Waals surface area contributed by atoms with Crippen molar-refractivity contribution in [2.45, 2.75) is 26.3 Å². The van der Waals surface area contributed by atoms with Crippen molar-refractivity contribution in [3.05, 3.63) is 35.6 Å². The zero-order valence-corrected chi connectivity index (χ0v) is 19.3. The molecule has 1 aromatic carbocycles. The average Bonchev–Trinajstić information content (AvgIpc) is 2.64. The summed E-state index contributed by atoms with van der Waals surface area (Å²) in [6, 6.07) is 6.66. The van der Waals surface area contributed by atoms with E-state index in [1.807, 2.05) is 19.2 Å². The number of guanidine groups is 1. The number of hydrogen-bond donors (Lipinski definition) is 1. The van der Waals surface area contributed by atoms with Crippen molar-refractivity contribution >= 4 is 29.9 Å². The van der Waals surface area contributed by atoms with Crippen LogP contribution in [0.2, 0.25) is 0 Å². The molecule has 154 valence electrons. The van der Waals surface area contributed by atoms with Crippen LogP contribution in [0, 0.1) is 5.82 Å². The molecule has 27 heavy (non-hydrogen) atoms. The molecule has 0 unspecified atom stereocenters. The molecule has 1 aliphatic heterocycles. The van der Waals surface area contributed by atoms with Gasteiger partial charge in [-0.1, -0.05) is 12.1 Å². The number of aliphatic imine (C=N–C) groups is 1. The van der Waals surface area contributed by atoms with Crippen LogP contribution in [-0.4, -0.2) is 80.6 Å². The van der Waals surface area contributed by atoms with Gasteiger partial charge < -0.3 is 20.0 Å². The molecule has 0 aromatic heterocycles. The van der Waals surface area contributed by atoms with Gasteiger partial charge in [0.15, 0.2) is 5.96 Å². The van der Waals surface area contributed by atoms with Crippen LogP contribution in [0.15, 0.2) is 29.3 Å². The van der Waals surface area contributed by atoms with Crippen LogP contribution in [-0.2, 0) is 6.54 Å². The number of rotatable bonds is 8. The number of halogens is 2. The highest BCUT2D eigenvalue weighted by Gasteiger charge is 2.12. The van der Waals surface area contributed by atoms with Crippen molar-refractivity contribution in [3.63, 3.8) is 0 Å². The number of nitrogens with zero attached hydrogens (tertiary/aromatic N) is 4. The maximum absolute atomic E-state index is 13.0. The Hall–Kier alpha value is -0.930. The van der Waals surface area contributed by atoms with E-state index in [0.29, 0.717) is 6.54 Å². The first kappa shape index (κ1) is 24.1. The van der Waals surface area contributed by atoms with Gasteiger partial charge in [-0.2, -0.15) is 0 Å². The molecule has 0 saturated carbocycles. The summed E-state index contributed by atoms with van der Waals surface area (Å²) in [5.74, 6) is 0.716. The fourth-order valence-electron chi connectivity index (χ4n) is 3.11. The molecule has 0 spiro atoms. The van der Waals surface area contributed by atoms with E-state index in [-0.39, 0.29) is 29.8 Å². The topological polar surface area (TPSA) is 34.1 Å². The Morgan fingerprint density at radius 1 is 1.15 bits per heavy atom. The smallest absolute Gasteiger partial charge is 0.193 e. The Morgan fingerprint density at radius 3 is 2.44 bits per heavy atom. The van der Waals surface area contributed by atoms with Crippen LogP contribution in [0.3, 0.4) is 0 Å². The summed E-state index contributed by atoms with van der Waals surface area (Å²) in [6.07, 6.45) is 2.29. The van der Waals surface area contributed by atoms with Crippen LogP contribution in [0.4, 0.5) is 4.39 Å². The monoisotopic (exact) mass is 491 g/mol. The van der Waals surface area contributed by atoms with Gasteiger partial charge in [-0.25, -0.2) is 4.39 Å². The van der Waals surface area contributed by atoms with Crippen LogP contribution in [0.25, 0.3) is 0 Å². The fraction of sp³-hybridized carbons (Fsp3) is 0.650. The summed E-state index contributed by atoms with van der Waals surface area (Å²) in [6.45, 7) is 10.4. The Morgan fingerprint density at radius 2 is 1.81 bits per heavy atom. The summed E-state index contributed by atoms with van der Waals surface area (Å²) < 4.78 is 13.0. The van der Waals surface area contributed by atoms with Crippen LogP contribution in [0.5, 0.6) is 0 Å². The number of nitrogens with one attached hydrogen (secondary N) is 1. The Bertz CT molecular complexity index is 544. The normalized spacial score (nSPS) is 16.1. The number of piperazine rings is 1. The zero-order chi connectivity index (χ0) is 18.8. The minimum absolute atomic E-state index is 0. The third-order valence-corrected chi connectivity index (χ3v) is 4.77. The molecule has 0 radical (unpaired) electrons. The lowest BCUT2D eigenvalue weighted by molar-refractivity contribution is 0.152. The van der Waals surface area contributed by atoms with E-state index >= 15 is 0 Å². The first-order chi connectivity index (χ1) is 12.6. The quantitative estimate of drug-likeness (QED) is 0.263. The number of likely N-dealkylation sites (N-methyl/N-ethyl adjacent to an activating group) is 1. The zero-order valence-electron chi connectivity index (χ0n) is 17.0. The minimum Gasteiger partial charge on any atom is -0.357 e. The van der Waals surface area contributed by atoms with Crippen molar-refractivity contribution in [1.82, 2.24) is 20.0 Å². The lowest BCUT2D eigenvalue weighted by atomic mass is 10.2. The van der Waals surface area contributed by atoms with Crippen molar-refractivity contribution in [1.29, 1.82) is 0 Å². The number of benzene rings is 1. The van der Waals surface area contributed by atoms with Gasteiger partial charge in [0.25, 0.3) is 0 Å². The minimum atomic E-state index is -0.197. The van der Waals surface area contributed by atoms with E-state index in [0.717, 1.165) is 31.0 Å². The van der Waals surface area contributed by atoms with Crippen molar-refractivity contribution in [2.24, 2.45) is 4.99 Å². The molecular formula is C20H35FIN5. The maximum Gasteiger partial charge on any atom is 0.193 e. The second-order valence-electron chi connectivity index (χ2n) is 7.07. The van der Waals surface area contributed by atoms with Gasteiger partial charge in [-0.3, -0.25) is 4.99 Å². The summed E-state index contributed by atoms with van der Waals surface area (Å²) in [5.41, 5.74) is 1.08. The van der Waals surface area contributed by atoms with E-state index in [4.69, 9.17) is 4.99 Å². The van der Waals surface area contributed by atoms with E-state index in [1.165, 1.54) is 51.3 Å². The van der Waals surface area contributed by atoms with E-state index in [9.17, 15) is 4.39 Å². The van der Waals surface area contributed by atoms with Crippen molar-refractivity contribution < 1.29 is 4.39 Å².